The van der Waals surface area contributed by atoms with E-state index in [0.29, 0.717) is 17.3 Å². The lowest BCUT2D eigenvalue weighted by Crippen LogP contribution is -2.48. The maximum atomic E-state index is 12.8. The number of rotatable bonds is 6. The highest BCUT2D eigenvalue weighted by Crippen LogP contribution is 2.39. The van der Waals surface area contributed by atoms with E-state index in [2.05, 4.69) is 10.3 Å². The van der Waals surface area contributed by atoms with Gasteiger partial charge in [-0.3, -0.25) is 19.3 Å². The number of nitrogens with one attached hydrogen (secondary N) is 1. The van der Waals surface area contributed by atoms with Gasteiger partial charge in [-0.2, -0.15) is 11.8 Å². The topological polar surface area (TPSA) is 79.4 Å². The van der Waals surface area contributed by atoms with Gasteiger partial charge >= 0.3 is 0 Å². The van der Waals surface area contributed by atoms with Crippen LogP contribution in [-0.2, 0) is 14.4 Å². The summed E-state index contributed by atoms with van der Waals surface area (Å²) in [7, 11) is 0. The first kappa shape index (κ1) is 17.4. The Balaban J connectivity index is 1.80. The number of hydrogen-bond donors (Lipinski definition) is 1. The van der Waals surface area contributed by atoms with E-state index in [0.717, 1.165) is 25.7 Å². The number of thiazole rings is 1. The zero-order chi connectivity index (χ0) is 17.1. The van der Waals surface area contributed by atoms with Gasteiger partial charge in [0, 0.05) is 11.6 Å². The zero-order valence-electron chi connectivity index (χ0n) is 13.6. The van der Waals surface area contributed by atoms with E-state index in [1.54, 1.807) is 23.3 Å². The molecule has 3 atom stereocenters. The molecule has 1 N–H and O–H groups in total. The van der Waals surface area contributed by atoms with E-state index >= 15 is 0 Å². The fraction of sp³-hybridized carbons (Fsp3) is 0.625. The molecule has 2 heterocycles. The summed E-state index contributed by atoms with van der Waals surface area (Å²) in [6.07, 6.45) is 7.50. The predicted molar refractivity (Wildman–Crippen MR) is 94.8 cm³/mol. The van der Waals surface area contributed by atoms with Crippen LogP contribution in [0.2, 0.25) is 0 Å². The second kappa shape index (κ2) is 7.65. The third-order valence-electron chi connectivity index (χ3n) is 4.75. The highest BCUT2D eigenvalue weighted by atomic mass is 32.2. The SMILES string of the molecule is CSCC[C@H](C(=O)Nc1nccs1)N1C(=O)[C@@H]2CCCC[C@H]2C1=O. The first-order valence-corrected chi connectivity index (χ1v) is 10.5. The van der Waals surface area contributed by atoms with E-state index in [-0.39, 0.29) is 29.6 Å². The highest BCUT2D eigenvalue weighted by Gasteiger charge is 2.51. The summed E-state index contributed by atoms with van der Waals surface area (Å²) in [5, 5.41) is 5.01. The minimum atomic E-state index is -0.744. The lowest BCUT2D eigenvalue weighted by Gasteiger charge is -2.25. The molecule has 0 unspecified atom stereocenters. The monoisotopic (exact) mass is 367 g/mol. The van der Waals surface area contributed by atoms with E-state index in [9.17, 15) is 14.4 Å². The summed E-state index contributed by atoms with van der Waals surface area (Å²) in [6.45, 7) is 0. The summed E-state index contributed by atoms with van der Waals surface area (Å²) in [5.74, 6) is -0.386. The van der Waals surface area contributed by atoms with Crippen LogP contribution in [0.5, 0.6) is 0 Å². The lowest BCUT2D eigenvalue weighted by molar-refractivity contribution is -0.146. The summed E-state index contributed by atoms with van der Waals surface area (Å²) in [6, 6.07) is -0.744. The van der Waals surface area contributed by atoms with Crippen molar-refractivity contribution in [1.82, 2.24) is 9.88 Å². The van der Waals surface area contributed by atoms with E-state index in [1.165, 1.54) is 16.2 Å². The van der Waals surface area contributed by atoms with Crippen molar-refractivity contribution in [2.24, 2.45) is 11.8 Å². The van der Waals surface area contributed by atoms with Crippen molar-refractivity contribution in [3.05, 3.63) is 11.6 Å². The number of carbonyl (C=O) groups is 3. The summed E-state index contributed by atoms with van der Waals surface area (Å²) >= 11 is 2.92. The van der Waals surface area contributed by atoms with Gasteiger partial charge in [0.15, 0.2) is 5.13 Å². The maximum Gasteiger partial charge on any atom is 0.249 e. The van der Waals surface area contributed by atoms with Crippen molar-refractivity contribution in [2.45, 2.75) is 38.1 Å². The van der Waals surface area contributed by atoms with Gasteiger partial charge in [-0.25, -0.2) is 4.98 Å². The van der Waals surface area contributed by atoms with Gasteiger partial charge in [-0.15, -0.1) is 11.3 Å². The van der Waals surface area contributed by atoms with E-state index < -0.39 is 6.04 Å². The van der Waals surface area contributed by atoms with Crippen molar-refractivity contribution in [3.63, 3.8) is 0 Å². The number of carbonyl (C=O) groups excluding carboxylic acids is 3. The van der Waals surface area contributed by atoms with Crippen LogP contribution in [0.3, 0.4) is 0 Å². The highest BCUT2D eigenvalue weighted by molar-refractivity contribution is 7.98. The van der Waals surface area contributed by atoms with E-state index in [1.807, 2.05) is 6.26 Å². The molecule has 2 fully saturated rings. The van der Waals surface area contributed by atoms with Crippen LogP contribution in [0.4, 0.5) is 5.13 Å². The number of fused-ring (bicyclic) bond motifs is 1. The van der Waals surface area contributed by atoms with Crippen molar-refractivity contribution in [2.75, 3.05) is 17.3 Å². The number of aromatic nitrogens is 1. The number of hydrogen-bond acceptors (Lipinski definition) is 6. The molecule has 0 bridgehead atoms. The van der Waals surface area contributed by atoms with Crippen LogP contribution >= 0.6 is 23.1 Å². The number of thioether (sulfide) groups is 1. The number of amides is 3. The smallest absolute Gasteiger partial charge is 0.249 e. The lowest BCUT2D eigenvalue weighted by atomic mass is 9.81. The molecule has 3 amide bonds. The number of likely N-dealkylation sites (tertiary alicyclic amines) is 1. The molecule has 3 rings (SSSR count). The third kappa shape index (κ3) is 3.35. The van der Waals surface area contributed by atoms with Gasteiger partial charge in [-0.1, -0.05) is 12.8 Å². The molecule has 8 heteroatoms. The van der Waals surface area contributed by atoms with Gasteiger partial charge in [0.2, 0.25) is 17.7 Å². The summed E-state index contributed by atoms with van der Waals surface area (Å²) < 4.78 is 0. The first-order valence-electron chi connectivity index (χ1n) is 8.19. The van der Waals surface area contributed by atoms with E-state index in [4.69, 9.17) is 0 Å². The average Bonchev–Trinajstić information content (AvgIpc) is 3.18. The molecule has 0 aromatic carbocycles. The van der Waals surface area contributed by atoms with Gasteiger partial charge in [0.05, 0.1) is 11.8 Å². The fourth-order valence-corrected chi connectivity index (χ4v) is 4.57. The number of anilines is 1. The molecular formula is C16H21N3O3S2. The van der Waals surface area contributed by atoms with Crippen molar-refractivity contribution in [3.8, 4) is 0 Å². The Morgan fingerprint density at radius 2 is 2.04 bits per heavy atom. The van der Waals surface area contributed by atoms with Crippen LogP contribution < -0.4 is 5.32 Å². The number of imide groups is 1. The first-order chi connectivity index (χ1) is 11.6. The molecule has 24 heavy (non-hydrogen) atoms. The second-order valence-electron chi connectivity index (χ2n) is 6.17. The minimum absolute atomic E-state index is 0.162. The third-order valence-corrected chi connectivity index (χ3v) is 6.08. The molecule has 2 aliphatic rings. The molecule has 1 aliphatic heterocycles. The molecule has 0 spiro atoms. The molecule has 0 radical (unpaired) electrons. The summed E-state index contributed by atoms with van der Waals surface area (Å²) in [5.41, 5.74) is 0. The Kier molecular flexibility index (Phi) is 5.55. The Bertz CT molecular complexity index is 596. The van der Waals surface area contributed by atoms with Gasteiger partial charge in [-0.05, 0) is 31.3 Å². The maximum absolute atomic E-state index is 12.8. The van der Waals surface area contributed by atoms with Crippen molar-refractivity contribution in [1.29, 1.82) is 0 Å². The molecule has 1 saturated heterocycles. The predicted octanol–water partition coefficient (Wildman–Crippen LogP) is 2.38. The second-order valence-corrected chi connectivity index (χ2v) is 8.05. The Morgan fingerprint density at radius 1 is 1.38 bits per heavy atom. The van der Waals surface area contributed by atoms with Gasteiger partial charge < -0.3 is 5.32 Å². The molecule has 1 aromatic heterocycles. The Labute approximate surface area is 149 Å². The fourth-order valence-electron chi connectivity index (χ4n) is 3.58. The van der Waals surface area contributed by atoms with Gasteiger partial charge in [0.25, 0.3) is 0 Å². The van der Waals surface area contributed by atoms with Crippen LogP contribution in [0.25, 0.3) is 0 Å². The van der Waals surface area contributed by atoms with Crippen molar-refractivity contribution < 1.29 is 14.4 Å². The molecule has 6 nitrogen and oxygen atoms in total. The number of nitrogens with zero attached hydrogens (tertiary/aromatic N) is 2. The molecule has 1 aromatic rings. The Hall–Kier alpha value is -1.41. The van der Waals surface area contributed by atoms with Crippen molar-refractivity contribution >= 4 is 46.0 Å². The van der Waals surface area contributed by atoms with Crippen LogP contribution in [0.15, 0.2) is 11.6 Å². The van der Waals surface area contributed by atoms with Crippen LogP contribution in [0, 0.1) is 11.8 Å². The molecule has 1 saturated carbocycles. The molecule has 130 valence electrons. The molecular weight excluding hydrogens is 346 g/mol. The van der Waals surface area contributed by atoms with Crippen LogP contribution in [-0.4, -0.2) is 45.7 Å². The Morgan fingerprint density at radius 3 is 2.58 bits per heavy atom. The van der Waals surface area contributed by atoms with Gasteiger partial charge in [0.1, 0.15) is 6.04 Å². The quantitative estimate of drug-likeness (QED) is 0.781. The standard InChI is InChI=1S/C16H21N3O3S2/c1-23-8-6-12(13(20)18-16-17-7-9-24-16)19-14(21)10-4-2-3-5-11(10)15(19)22/h7,9-12H,2-6,8H2,1H3,(H,17,18,20)/t10-,11-,12-/m1/s1. The minimum Gasteiger partial charge on any atom is -0.300 e. The van der Waals surface area contributed by atoms with Crippen LogP contribution in [0.1, 0.15) is 32.1 Å². The average molecular weight is 367 g/mol. The molecule has 1 aliphatic carbocycles. The summed E-state index contributed by atoms with van der Waals surface area (Å²) in [4.78, 5) is 43.5. The largest absolute Gasteiger partial charge is 0.300 e. The normalized spacial score (nSPS) is 24.8. The zero-order valence-corrected chi connectivity index (χ0v) is 15.2.